The van der Waals surface area contributed by atoms with E-state index in [1.165, 1.54) is 5.56 Å². The second kappa shape index (κ2) is 8.71. The molecule has 0 aliphatic heterocycles. The summed E-state index contributed by atoms with van der Waals surface area (Å²) in [5.41, 5.74) is 8.53. The minimum Gasteiger partial charge on any atom is -0.489 e. The van der Waals surface area contributed by atoms with Crippen LogP contribution in [0.4, 0.5) is 0 Å². The van der Waals surface area contributed by atoms with Gasteiger partial charge in [0.2, 0.25) is 0 Å². The molecule has 0 spiro atoms. The lowest BCUT2D eigenvalue weighted by Gasteiger charge is -2.15. The van der Waals surface area contributed by atoms with Crippen LogP contribution in [0.25, 0.3) is 0 Å². The molecule has 0 saturated carbocycles. The fourth-order valence-electron chi connectivity index (χ4n) is 2.22. The van der Waals surface area contributed by atoms with Gasteiger partial charge in [0.1, 0.15) is 12.4 Å². The van der Waals surface area contributed by atoms with E-state index in [1.54, 1.807) is 0 Å². The highest BCUT2D eigenvalue weighted by Crippen LogP contribution is 2.23. The van der Waals surface area contributed by atoms with Crippen molar-refractivity contribution < 1.29 is 4.74 Å². The lowest BCUT2D eigenvalue weighted by molar-refractivity contribution is 0.305. The van der Waals surface area contributed by atoms with Crippen molar-refractivity contribution in [3.8, 4) is 5.75 Å². The van der Waals surface area contributed by atoms with E-state index in [1.807, 2.05) is 30.3 Å². The van der Waals surface area contributed by atoms with Gasteiger partial charge in [0.15, 0.2) is 0 Å². The number of hydrogen-bond acceptors (Lipinski definition) is 2. The number of nitrogens with two attached hydrogens (primary N) is 1. The zero-order valence-corrected chi connectivity index (χ0v) is 13.5. The van der Waals surface area contributed by atoms with Crippen LogP contribution in [0.5, 0.6) is 5.75 Å². The number of ether oxygens (including phenoxy) is 1. The van der Waals surface area contributed by atoms with Crippen molar-refractivity contribution in [2.24, 2.45) is 11.7 Å². The molecule has 3 heteroatoms. The number of rotatable bonds is 6. The molecule has 114 valence electrons. The maximum Gasteiger partial charge on any atom is 0.120 e. The van der Waals surface area contributed by atoms with E-state index in [0.29, 0.717) is 12.5 Å². The first-order valence-corrected chi connectivity index (χ1v) is 7.17. The van der Waals surface area contributed by atoms with Crippen molar-refractivity contribution in [1.82, 2.24) is 0 Å². The van der Waals surface area contributed by atoms with Crippen molar-refractivity contribution in [3.05, 3.63) is 65.7 Å². The Morgan fingerprint density at radius 1 is 1.00 bits per heavy atom. The van der Waals surface area contributed by atoms with Crippen molar-refractivity contribution in [2.45, 2.75) is 32.9 Å². The molecule has 2 N–H and O–H groups in total. The van der Waals surface area contributed by atoms with Gasteiger partial charge >= 0.3 is 0 Å². The Hall–Kier alpha value is -1.51. The van der Waals surface area contributed by atoms with E-state index >= 15 is 0 Å². The first kappa shape index (κ1) is 17.5. The van der Waals surface area contributed by atoms with Crippen molar-refractivity contribution in [2.75, 3.05) is 0 Å². The zero-order valence-electron chi connectivity index (χ0n) is 12.7. The Morgan fingerprint density at radius 2 is 1.71 bits per heavy atom. The molecule has 2 aromatic carbocycles. The SMILES string of the molecule is CC(C)C[C@@H](N)c1cccc(OCc2ccccc2)c1.Cl. The van der Waals surface area contributed by atoms with Crippen LogP contribution < -0.4 is 10.5 Å². The monoisotopic (exact) mass is 305 g/mol. The van der Waals surface area contributed by atoms with Gasteiger partial charge in [-0.05, 0) is 35.6 Å². The summed E-state index contributed by atoms with van der Waals surface area (Å²) < 4.78 is 5.83. The summed E-state index contributed by atoms with van der Waals surface area (Å²) in [7, 11) is 0. The van der Waals surface area contributed by atoms with Crippen molar-refractivity contribution in [3.63, 3.8) is 0 Å². The van der Waals surface area contributed by atoms with Crippen molar-refractivity contribution in [1.29, 1.82) is 0 Å². The van der Waals surface area contributed by atoms with E-state index in [2.05, 4.69) is 38.1 Å². The van der Waals surface area contributed by atoms with Crippen LogP contribution in [0.3, 0.4) is 0 Å². The van der Waals surface area contributed by atoms with Crippen LogP contribution in [0, 0.1) is 5.92 Å². The zero-order chi connectivity index (χ0) is 14.4. The molecule has 2 rings (SSSR count). The molecule has 1 atom stereocenters. The van der Waals surface area contributed by atoms with Gasteiger partial charge in [-0.15, -0.1) is 12.4 Å². The fourth-order valence-corrected chi connectivity index (χ4v) is 2.22. The highest BCUT2D eigenvalue weighted by molar-refractivity contribution is 5.85. The highest BCUT2D eigenvalue weighted by Gasteiger charge is 2.09. The summed E-state index contributed by atoms with van der Waals surface area (Å²) in [5.74, 6) is 1.48. The van der Waals surface area contributed by atoms with Gasteiger partial charge in [0.05, 0.1) is 0 Å². The van der Waals surface area contributed by atoms with Gasteiger partial charge in [-0.2, -0.15) is 0 Å². The first-order valence-electron chi connectivity index (χ1n) is 7.17. The summed E-state index contributed by atoms with van der Waals surface area (Å²) >= 11 is 0. The summed E-state index contributed by atoms with van der Waals surface area (Å²) in [5, 5.41) is 0. The van der Waals surface area contributed by atoms with Crippen LogP contribution in [0.2, 0.25) is 0 Å². The minimum atomic E-state index is 0. The molecule has 0 amide bonds. The summed E-state index contributed by atoms with van der Waals surface area (Å²) in [4.78, 5) is 0. The largest absolute Gasteiger partial charge is 0.489 e. The van der Waals surface area contributed by atoms with E-state index in [4.69, 9.17) is 10.5 Å². The molecule has 0 fully saturated rings. The molecule has 0 aliphatic carbocycles. The van der Waals surface area contributed by atoms with Gasteiger partial charge in [-0.1, -0.05) is 56.3 Å². The van der Waals surface area contributed by atoms with E-state index in [-0.39, 0.29) is 18.4 Å². The average Bonchev–Trinajstić information content (AvgIpc) is 2.46. The molecule has 0 aromatic heterocycles. The van der Waals surface area contributed by atoms with Crippen molar-refractivity contribution >= 4 is 12.4 Å². The van der Waals surface area contributed by atoms with Crippen LogP contribution in [-0.2, 0) is 6.61 Å². The average molecular weight is 306 g/mol. The van der Waals surface area contributed by atoms with Crippen LogP contribution in [0.15, 0.2) is 54.6 Å². The van der Waals surface area contributed by atoms with E-state index < -0.39 is 0 Å². The lowest BCUT2D eigenvalue weighted by Crippen LogP contribution is -2.12. The highest BCUT2D eigenvalue weighted by atomic mass is 35.5. The predicted octanol–water partition coefficient (Wildman–Crippen LogP) is 4.73. The predicted molar refractivity (Wildman–Crippen MR) is 90.8 cm³/mol. The molecule has 2 aromatic rings. The Morgan fingerprint density at radius 3 is 2.38 bits per heavy atom. The van der Waals surface area contributed by atoms with Gasteiger partial charge < -0.3 is 10.5 Å². The smallest absolute Gasteiger partial charge is 0.120 e. The molecule has 0 heterocycles. The molecule has 0 saturated heterocycles. The van der Waals surface area contributed by atoms with Crippen LogP contribution >= 0.6 is 12.4 Å². The fraction of sp³-hybridized carbons (Fsp3) is 0.333. The first-order chi connectivity index (χ1) is 9.65. The molecule has 0 bridgehead atoms. The van der Waals surface area contributed by atoms with Crippen LogP contribution in [0.1, 0.15) is 37.4 Å². The third kappa shape index (κ3) is 5.78. The van der Waals surface area contributed by atoms with Gasteiger partial charge in [-0.3, -0.25) is 0 Å². The Bertz CT molecular complexity index is 528. The molecule has 2 nitrogen and oxygen atoms in total. The Labute approximate surface area is 133 Å². The second-order valence-electron chi connectivity index (χ2n) is 5.58. The van der Waals surface area contributed by atoms with Crippen LogP contribution in [-0.4, -0.2) is 0 Å². The molecular formula is C18H24ClNO. The third-order valence-electron chi connectivity index (χ3n) is 3.26. The van der Waals surface area contributed by atoms with E-state index in [0.717, 1.165) is 17.7 Å². The summed E-state index contributed by atoms with van der Waals surface area (Å²) in [6, 6.07) is 18.4. The molecule has 0 unspecified atom stereocenters. The number of halogens is 1. The lowest BCUT2D eigenvalue weighted by atomic mass is 9.98. The standard InChI is InChI=1S/C18H23NO.ClH/c1-14(2)11-18(19)16-9-6-10-17(12-16)20-13-15-7-4-3-5-8-15;/h3-10,12,14,18H,11,13,19H2,1-2H3;1H/t18-;/m1./s1. The topological polar surface area (TPSA) is 35.2 Å². The molecule has 0 aliphatic rings. The normalized spacial score (nSPS) is 11.8. The quantitative estimate of drug-likeness (QED) is 0.837. The molecular weight excluding hydrogens is 282 g/mol. The molecule has 0 radical (unpaired) electrons. The summed E-state index contributed by atoms with van der Waals surface area (Å²) in [6.07, 6.45) is 0.988. The number of benzene rings is 2. The van der Waals surface area contributed by atoms with Gasteiger partial charge in [-0.25, -0.2) is 0 Å². The van der Waals surface area contributed by atoms with Gasteiger partial charge in [0.25, 0.3) is 0 Å². The maximum atomic E-state index is 6.22. The Balaban J connectivity index is 0.00000220. The second-order valence-corrected chi connectivity index (χ2v) is 5.58. The molecule has 21 heavy (non-hydrogen) atoms. The maximum absolute atomic E-state index is 6.22. The summed E-state index contributed by atoms with van der Waals surface area (Å²) in [6.45, 7) is 4.97. The van der Waals surface area contributed by atoms with Gasteiger partial charge in [0, 0.05) is 6.04 Å². The Kier molecular flexibility index (Phi) is 7.27. The number of hydrogen-bond donors (Lipinski definition) is 1. The minimum absolute atomic E-state index is 0. The van der Waals surface area contributed by atoms with E-state index in [9.17, 15) is 0 Å². The third-order valence-corrected chi connectivity index (χ3v) is 3.26.